The second-order valence-electron chi connectivity index (χ2n) is 9.02. The maximum Gasteiger partial charge on any atom is 0.508 e. The van der Waals surface area contributed by atoms with Gasteiger partial charge in [0.1, 0.15) is 12.1 Å². The number of ether oxygens (including phenoxy) is 4. The van der Waals surface area contributed by atoms with Crippen LogP contribution >= 0.6 is 0 Å². The molecule has 10 heteroatoms. The van der Waals surface area contributed by atoms with Crippen LogP contribution in [-0.2, 0) is 23.9 Å². The number of methoxy groups -OCH3 is 1. The third kappa shape index (κ3) is 9.49. The molecule has 0 spiro atoms. The molecule has 0 bridgehead atoms. The molecule has 0 heterocycles. The number of carbonyl (C=O) groups excluding carboxylic acids is 3. The summed E-state index contributed by atoms with van der Waals surface area (Å²) in [6.07, 6.45) is 1.23. The maximum absolute atomic E-state index is 12.7. The van der Waals surface area contributed by atoms with Gasteiger partial charge < -0.3 is 29.8 Å². The summed E-state index contributed by atoms with van der Waals surface area (Å²) >= 11 is 0. The SMILES string of the molecule is CCCC(C)C(=O)Oc1ccc(C(CC(C)OC(=O)OC)[C@H](N)C(=O)O)cc1OC(=O)C(C)CCC. The van der Waals surface area contributed by atoms with Gasteiger partial charge in [-0.2, -0.15) is 0 Å². The summed E-state index contributed by atoms with van der Waals surface area (Å²) in [7, 11) is 1.16. The average molecular weight is 510 g/mol. The molecular weight excluding hydrogens is 470 g/mol. The molecule has 1 aromatic rings. The van der Waals surface area contributed by atoms with Crippen LogP contribution in [0.25, 0.3) is 0 Å². The molecule has 10 nitrogen and oxygen atoms in total. The highest BCUT2D eigenvalue weighted by atomic mass is 16.7. The first-order valence-corrected chi connectivity index (χ1v) is 12.2. The van der Waals surface area contributed by atoms with Gasteiger partial charge in [0.05, 0.1) is 18.9 Å². The van der Waals surface area contributed by atoms with E-state index >= 15 is 0 Å². The lowest BCUT2D eigenvalue weighted by molar-refractivity contribution is -0.141. The van der Waals surface area contributed by atoms with Gasteiger partial charge in [0.2, 0.25) is 0 Å². The van der Waals surface area contributed by atoms with Crippen molar-refractivity contribution in [1.29, 1.82) is 0 Å². The van der Waals surface area contributed by atoms with Gasteiger partial charge in [-0.05, 0) is 43.9 Å². The molecule has 0 saturated heterocycles. The zero-order chi connectivity index (χ0) is 27.4. The summed E-state index contributed by atoms with van der Waals surface area (Å²) < 4.78 is 20.7. The number of nitrogens with two attached hydrogens (primary N) is 1. The summed E-state index contributed by atoms with van der Waals surface area (Å²) in [5, 5.41) is 9.57. The molecule has 5 atom stereocenters. The third-order valence-electron chi connectivity index (χ3n) is 5.83. The zero-order valence-corrected chi connectivity index (χ0v) is 21.9. The van der Waals surface area contributed by atoms with E-state index < -0.39 is 48.0 Å². The van der Waals surface area contributed by atoms with Gasteiger partial charge in [-0.1, -0.05) is 46.6 Å². The normalized spacial score (nSPS) is 15.1. The Labute approximate surface area is 212 Å². The van der Waals surface area contributed by atoms with Crippen molar-refractivity contribution in [1.82, 2.24) is 0 Å². The quantitative estimate of drug-likeness (QED) is 0.272. The monoisotopic (exact) mass is 509 g/mol. The van der Waals surface area contributed by atoms with E-state index in [4.69, 9.17) is 19.9 Å². The predicted molar refractivity (Wildman–Crippen MR) is 132 cm³/mol. The van der Waals surface area contributed by atoms with Crippen molar-refractivity contribution < 1.29 is 43.2 Å². The molecule has 0 saturated carbocycles. The highest BCUT2D eigenvalue weighted by molar-refractivity contribution is 5.79. The number of carboxylic acid groups (broad SMARTS) is 1. The highest BCUT2D eigenvalue weighted by Gasteiger charge is 2.30. The van der Waals surface area contributed by atoms with E-state index in [2.05, 4.69) is 4.74 Å². The summed E-state index contributed by atoms with van der Waals surface area (Å²) in [5.74, 6) is -3.78. The fourth-order valence-corrected chi connectivity index (χ4v) is 3.72. The van der Waals surface area contributed by atoms with Crippen LogP contribution in [0.3, 0.4) is 0 Å². The van der Waals surface area contributed by atoms with Gasteiger partial charge >= 0.3 is 24.1 Å². The third-order valence-corrected chi connectivity index (χ3v) is 5.83. The Bertz CT molecular complexity index is 901. The number of hydrogen-bond donors (Lipinski definition) is 2. The number of hydrogen-bond acceptors (Lipinski definition) is 9. The topological polar surface area (TPSA) is 151 Å². The molecule has 0 radical (unpaired) electrons. The molecular formula is C26H39NO9. The number of rotatable bonds is 14. The highest BCUT2D eigenvalue weighted by Crippen LogP contribution is 2.35. The van der Waals surface area contributed by atoms with Gasteiger partial charge in [0.15, 0.2) is 11.5 Å². The van der Waals surface area contributed by atoms with E-state index in [9.17, 15) is 24.3 Å². The lowest BCUT2D eigenvalue weighted by atomic mass is 9.87. The van der Waals surface area contributed by atoms with Crippen molar-refractivity contribution in [2.75, 3.05) is 7.11 Å². The summed E-state index contributed by atoms with van der Waals surface area (Å²) in [6.45, 7) is 8.97. The van der Waals surface area contributed by atoms with Crippen LogP contribution in [0, 0.1) is 11.8 Å². The Balaban J connectivity index is 3.41. The number of carbonyl (C=O) groups is 4. The Hall–Kier alpha value is -3.14. The van der Waals surface area contributed by atoms with Crippen LogP contribution in [0.1, 0.15) is 78.2 Å². The van der Waals surface area contributed by atoms with Crippen LogP contribution < -0.4 is 15.2 Å². The molecule has 3 N–H and O–H groups in total. The number of carboxylic acids is 1. The maximum atomic E-state index is 12.7. The summed E-state index contributed by atoms with van der Waals surface area (Å²) in [5.41, 5.74) is 6.39. The molecule has 0 aromatic heterocycles. The van der Waals surface area contributed by atoms with Crippen LogP contribution in [-0.4, -0.2) is 48.4 Å². The van der Waals surface area contributed by atoms with E-state index in [0.717, 1.165) is 20.0 Å². The minimum absolute atomic E-state index is 0.0124. The first-order chi connectivity index (χ1) is 16.9. The minimum Gasteiger partial charge on any atom is -0.480 e. The second kappa shape index (κ2) is 15.1. The average Bonchev–Trinajstić information content (AvgIpc) is 2.83. The molecule has 0 amide bonds. The predicted octanol–water partition coefficient (Wildman–Crippen LogP) is 4.43. The standard InChI is InChI=1S/C26H39NO9/c1-7-9-15(3)24(30)35-20-12-11-18(14-21(20)36-25(31)16(4)10-8-2)19(22(27)23(28)29)13-17(5)34-26(32)33-6/h11-12,14-17,19,22H,7-10,13,27H2,1-6H3,(H,28,29)/t15?,16?,17?,19?,22-/m0/s1. The van der Waals surface area contributed by atoms with Crippen molar-refractivity contribution in [3.8, 4) is 11.5 Å². The molecule has 1 rings (SSSR count). The first kappa shape index (κ1) is 30.9. The first-order valence-electron chi connectivity index (χ1n) is 12.2. The fraction of sp³-hybridized carbons (Fsp3) is 0.615. The van der Waals surface area contributed by atoms with E-state index in [1.165, 1.54) is 12.1 Å². The molecule has 1 aromatic carbocycles. The molecule has 202 valence electrons. The Kier molecular flexibility index (Phi) is 12.9. The molecule has 4 unspecified atom stereocenters. The lowest BCUT2D eigenvalue weighted by Gasteiger charge is -2.25. The van der Waals surface area contributed by atoms with Crippen LogP contribution in [0.4, 0.5) is 4.79 Å². The van der Waals surface area contributed by atoms with Crippen molar-refractivity contribution in [3.63, 3.8) is 0 Å². The van der Waals surface area contributed by atoms with Gasteiger partial charge in [-0.25, -0.2) is 4.79 Å². The van der Waals surface area contributed by atoms with E-state index in [1.807, 2.05) is 13.8 Å². The Morgan fingerprint density at radius 2 is 1.44 bits per heavy atom. The second-order valence-corrected chi connectivity index (χ2v) is 9.02. The Morgan fingerprint density at radius 1 is 0.917 bits per heavy atom. The molecule has 0 aliphatic rings. The number of aliphatic carboxylic acids is 1. The summed E-state index contributed by atoms with van der Waals surface area (Å²) in [4.78, 5) is 48.5. The minimum atomic E-state index is -1.35. The van der Waals surface area contributed by atoms with E-state index in [-0.39, 0.29) is 23.8 Å². The van der Waals surface area contributed by atoms with Crippen LogP contribution in [0.5, 0.6) is 11.5 Å². The molecule has 0 aliphatic heterocycles. The van der Waals surface area contributed by atoms with Crippen molar-refractivity contribution in [2.45, 2.75) is 84.8 Å². The summed E-state index contributed by atoms with van der Waals surface area (Å²) in [6, 6.07) is 3.10. The van der Waals surface area contributed by atoms with Gasteiger partial charge in [-0.3, -0.25) is 14.4 Å². The van der Waals surface area contributed by atoms with Crippen molar-refractivity contribution >= 4 is 24.1 Å². The lowest BCUT2D eigenvalue weighted by Crippen LogP contribution is -2.38. The number of esters is 2. The van der Waals surface area contributed by atoms with Crippen LogP contribution in [0.15, 0.2) is 18.2 Å². The van der Waals surface area contributed by atoms with Crippen molar-refractivity contribution in [2.24, 2.45) is 17.6 Å². The van der Waals surface area contributed by atoms with E-state index in [0.29, 0.717) is 18.4 Å². The molecule has 0 aliphatic carbocycles. The largest absolute Gasteiger partial charge is 0.508 e. The molecule has 36 heavy (non-hydrogen) atoms. The molecule has 0 fully saturated rings. The number of benzene rings is 1. The zero-order valence-electron chi connectivity index (χ0n) is 21.9. The Morgan fingerprint density at radius 3 is 1.92 bits per heavy atom. The van der Waals surface area contributed by atoms with E-state index in [1.54, 1.807) is 26.8 Å². The fourth-order valence-electron chi connectivity index (χ4n) is 3.72. The van der Waals surface area contributed by atoms with Gasteiger partial charge in [0.25, 0.3) is 0 Å². The smallest absolute Gasteiger partial charge is 0.480 e. The van der Waals surface area contributed by atoms with Gasteiger partial charge in [-0.15, -0.1) is 0 Å². The van der Waals surface area contributed by atoms with Crippen LogP contribution in [0.2, 0.25) is 0 Å². The van der Waals surface area contributed by atoms with Crippen molar-refractivity contribution in [3.05, 3.63) is 23.8 Å². The van der Waals surface area contributed by atoms with Gasteiger partial charge in [0, 0.05) is 5.92 Å².